The lowest BCUT2D eigenvalue weighted by atomic mass is 10.1. The molecule has 9 heteroatoms. The highest BCUT2D eigenvalue weighted by molar-refractivity contribution is 14.0. The van der Waals surface area contributed by atoms with Gasteiger partial charge >= 0.3 is 0 Å². The van der Waals surface area contributed by atoms with Gasteiger partial charge in [-0.1, -0.05) is 48.0 Å². The molecule has 0 aliphatic heterocycles. The van der Waals surface area contributed by atoms with Crippen LogP contribution in [0.25, 0.3) is 0 Å². The zero-order chi connectivity index (χ0) is 20.6. The molecule has 7 nitrogen and oxygen atoms in total. The summed E-state index contributed by atoms with van der Waals surface area (Å²) < 4.78 is 7.66. The Labute approximate surface area is 199 Å². The van der Waals surface area contributed by atoms with Gasteiger partial charge in [-0.2, -0.15) is 5.10 Å². The summed E-state index contributed by atoms with van der Waals surface area (Å²) >= 11 is 6.19. The number of halogens is 2. The number of aryl methyl sites for hydroxylation is 1. The van der Waals surface area contributed by atoms with Gasteiger partial charge in [0.25, 0.3) is 0 Å². The first-order chi connectivity index (χ1) is 14.1. The number of para-hydroxylation sites is 1. The molecule has 1 aromatic heterocycles. The molecular formula is C21H26ClIN6O. The topological polar surface area (TPSA) is 67.6 Å². The zero-order valence-corrected chi connectivity index (χ0v) is 20.3. The predicted molar refractivity (Wildman–Crippen MR) is 130 cm³/mol. The summed E-state index contributed by atoms with van der Waals surface area (Å²) in [6.07, 6.45) is 1.55. The minimum absolute atomic E-state index is 0. The van der Waals surface area contributed by atoms with Crippen LogP contribution in [-0.2, 0) is 26.7 Å². The molecule has 0 atom stereocenters. The number of aliphatic imine (C=N–C) groups is 1. The van der Waals surface area contributed by atoms with E-state index in [0.29, 0.717) is 30.5 Å². The Bertz CT molecular complexity index is 977. The van der Waals surface area contributed by atoms with Gasteiger partial charge in [-0.15, -0.1) is 24.0 Å². The third-order valence-electron chi connectivity index (χ3n) is 4.53. The molecule has 0 aliphatic carbocycles. The van der Waals surface area contributed by atoms with Gasteiger partial charge in [0.1, 0.15) is 24.5 Å². The molecule has 0 aliphatic rings. The van der Waals surface area contributed by atoms with E-state index in [1.54, 1.807) is 18.1 Å². The van der Waals surface area contributed by atoms with Crippen molar-refractivity contribution in [1.29, 1.82) is 0 Å². The van der Waals surface area contributed by atoms with Crippen molar-refractivity contribution in [2.75, 3.05) is 14.1 Å². The first-order valence-electron chi connectivity index (χ1n) is 9.27. The van der Waals surface area contributed by atoms with Crippen LogP contribution in [0.15, 0.2) is 59.9 Å². The van der Waals surface area contributed by atoms with Crippen molar-refractivity contribution in [3.8, 4) is 5.75 Å². The molecule has 30 heavy (non-hydrogen) atoms. The predicted octanol–water partition coefficient (Wildman–Crippen LogP) is 3.87. The average Bonchev–Trinajstić information content (AvgIpc) is 3.13. The van der Waals surface area contributed by atoms with E-state index >= 15 is 0 Å². The fourth-order valence-corrected chi connectivity index (χ4v) is 3.09. The van der Waals surface area contributed by atoms with Crippen LogP contribution in [0, 0.1) is 0 Å². The van der Waals surface area contributed by atoms with E-state index in [0.717, 1.165) is 22.9 Å². The van der Waals surface area contributed by atoms with Crippen molar-refractivity contribution in [2.24, 2.45) is 12.0 Å². The van der Waals surface area contributed by atoms with Crippen molar-refractivity contribution in [3.05, 3.63) is 76.8 Å². The van der Waals surface area contributed by atoms with Crippen molar-refractivity contribution < 1.29 is 4.74 Å². The monoisotopic (exact) mass is 540 g/mol. The molecule has 0 saturated heterocycles. The van der Waals surface area contributed by atoms with Crippen molar-refractivity contribution in [3.63, 3.8) is 0 Å². The van der Waals surface area contributed by atoms with Gasteiger partial charge in [0.15, 0.2) is 5.96 Å². The van der Waals surface area contributed by atoms with Crippen LogP contribution < -0.4 is 10.1 Å². The molecule has 0 amide bonds. The van der Waals surface area contributed by atoms with Crippen LogP contribution in [0.3, 0.4) is 0 Å². The number of hydrogen-bond acceptors (Lipinski definition) is 4. The quantitative estimate of drug-likeness (QED) is 0.280. The molecule has 3 rings (SSSR count). The molecule has 0 saturated carbocycles. The van der Waals surface area contributed by atoms with Gasteiger partial charge in [0.2, 0.25) is 0 Å². The molecular weight excluding hydrogens is 515 g/mol. The Morgan fingerprint density at radius 3 is 2.53 bits per heavy atom. The highest BCUT2D eigenvalue weighted by Crippen LogP contribution is 2.24. The summed E-state index contributed by atoms with van der Waals surface area (Å²) in [6, 6.07) is 15.6. The van der Waals surface area contributed by atoms with Crippen molar-refractivity contribution >= 4 is 41.5 Å². The molecule has 1 heterocycles. The number of rotatable bonds is 7. The Hall–Kier alpha value is -2.33. The van der Waals surface area contributed by atoms with Crippen LogP contribution in [0.1, 0.15) is 17.0 Å². The molecule has 3 aromatic rings. The number of ether oxygens (including phenoxy) is 1. The molecule has 0 fully saturated rings. The Morgan fingerprint density at radius 1 is 1.17 bits per heavy atom. The summed E-state index contributed by atoms with van der Waals surface area (Å²) in [5.41, 5.74) is 2.22. The van der Waals surface area contributed by atoms with Gasteiger partial charge in [-0.3, -0.25) is 9.67 Å². The highest BCUT2D eigenvalue weighted by atomic mass is 127. The molecule has 2 aromatic carbocycles. The third-order valence-corrected chi connectivity index (χ3v) is 4.84. The van der Waals surface area contributed by atoms with E-state index < -0.39 is 0 Å². The van der Waals surface area contributed by atoms with Gasteiger partial charge in [-0.25, -0.2) is 4.98 Å². The van der Waals surface area contributed by atoms with Crippen molar-refractivity contribution in [1.82, 2.24) is 25.0 Å². The second kappa shape index (κ2) is 11.8. The Balaban J connectivity index is 0.00000320. The zero-order valence-electron chi connectivity index (χ0n) is 17.2. The molecule has 0 unspecified atom stereocenters. The van der Waals surface area contributed by atoms with Crippen LogP contribution in [0.5, 0.6) is 5.75 Å². The second-order valence-electron chi connectivity index (χ2n) is 6.54. The SMILES string of the molecule is CN=C(NCc1ccccc1COc1ccccc1Cl)N(C)Cc1ncnn1C.I. The van der Waals surface area contributed by atoms with Crippen LogP contribution in [0.4, 0.5) is 0 Å². The summed E-state index contributed by atoms with van der Waals surface area (Å²) in [4.78, 5) is 10.6. The standard InChI is InChI=1S/C21H25ClN6O.HI/c1-23-21(27(2)13-20-25-15-26-28(20)3)24-12-16-8-4-5-9-17(16)14-29-19-11-7-6-10-18(19)22;/h4-11,15H,12-14H2,1-3H3,(H,23,24);1H. The molecule has 1 N–H and O–H groups in total. The summed E-state index contributed by atoms with van der Waals surface area (Å²) in [6.45, 7) is 1.67. The number of hydrogen-bond donors (Lipinski definition) is 1. The van der Waals surface area contributed by atoms with Gasteiger partial charge in [-0.05, 0) is 23.3 Å². The van der Waals surface area contributed by atoms with E-state index in [4.69, 9.17) is 16.3 Å². The normalized spacial score (nSPS) is 11.0. The average molecular weight is 541 g/mol. The lowest BCUT2D eigenvalue weighted by molar-refractivity contribution is 0.305. The van der Waals surface area contributed by atoms with E-state index in [-0.39, 0.29) is 24.0 Å². The van der Waals surface area contributed by atoms with E-state index in [2.05, 4.69) is 32.5 Å². The van der Waals surface area contributed by atoms with E-state index in [1.807, 2.05) is 55.4 Å². The number of benzene rings is 2. The number of nitrogens with zero attached hydrogens (tertiary/aromatic N) is 5. The Kier molecular flexibility index (Phi) is 9.38. The minimum Gasteiger partial charge on any atom is -0.487 e. The van der Waals surface area contributed by atoms with Crippen molar-refractivity contribution in [2.45, 2.75) is 19.7 Å². The summed E-state index contributed by atoms with van der Waals surface area (Å²) in [7, 11) is 5.61. The number of guanidine groups is 1. The lowest BCUT2D eigenvalue weighted by Crippen LogP contribution is -2.38. The Morgan fingerprint density at radius 2 is 1.87 bits per heavy atom. The molecule has 160 valence electrons. The molecule has 0 bridgehead atoms. The second-order valence-corrected chi connectivity index (χ2v) is 6.95. The first-order valence-corrected chi connectivity index (χ1v) is 9.65. The van der Waals surface area contributed by atoms with Gasteiger partial charge in [0, 0.05) is 27.7 Å². The number of nitrogens with one attached hydrogen (secondary N) is 1. The highest BCUT2D eigenvalue weighted by Gasteiger charge is 2.11. The molecule has 0 spiro atoms. The maximum absolute atomic E-state index is 6.19. The largest absolute Gasteiger partial charge is 0.487 e. The van der Waals surface area contributed by atoms with Crippen LogP contribution in [0.2, 0.25) is 5.02 Å². The fourth-order valence-electron chi connectivity index (χ4n) is 2.90. The van der Waals surface area contributed by atoms with E-state index in [1.165, 1.54) is 0 Å². The van der Waals surface area contributed by atoms with Crippen LogP contribution >= 0.6 is 35.6 Å². The minimum atomic E-state index is 0. The van der Waals surface area contributed by atoms with Crippen LogP contribution in [-0.4, -0.2) is 39.7 Å². The third kappa shape index (κ3) is 6.33. The lowest BCUT2D eigenvalue weighted by Gasteiger charge is -2.22. The summed E-state index contributed by atoms with van der Waals surface area (Å²) in [5.74, 6) is 2.31. The smallest absolute Gasteiger partial charge is 0.194 e. The molecule has 0 radical (unpaired) electrons. The fraction of sp³-hybridized carbons (Fsp3) is 0.286. The van der Waals surface area contributed by atoms with E-state index in [9.17, 15) is 0 Å². The summed E-state index contributed by atoms with van der Waals surface area (Å²) in [5, 5.41) is 8.12. The maximum Gasteiger partial charge on any atom is 0.194 e. The first kappa shape index (κ1) is 23.9. The van der Waals surface area contributed by atoms with Gasteiger partial charge in [0.05, 0.1) is 11.6 Å². The van der Waals surface area contributed by atoms with Gasteiger partial charge < -0.3 is 15.0 Å². The number of aromatic nitrogens is 3. The maximum atomic E-state index is 6.19.